The lowest BCUT2D eigenvalue weighted by Gasteiger charge is -2.08. The molecule has 0 radical (unpaired) electrons. The molecular weight excluding hydrogens is 338 g/mol. The fraction of sp³-hybridized carbons (Fsp3) is 0.300. The second-order valence-corrected chi connectivity index (χ2v) is 7.92. The number of rotatable bonds is 3. The first-order chi connectivity index (χ1) is 8.41. The zero-order valence-corrected chi connectivity index (χ0v) is 12.9. The highest BCUT2D eigenvalue weighted by atomic mass is 79.9. The molecule has 2 rings (SSSR count). The molecule has 18 heavy (non-hydrogen) atoms. The lowest BCUT2D eigenvalue weighted by atomic mass is 10.4. The summed E-state index contributed by atoms with van der Waals surface area (Å²) in [6, 6.07) is 0. The second kappa shape index (κ2) is 5.02. The third kappa shape index (κ3) is 2.60. The summed E-state index contributed by atoms with van der Waals surface area (Å²) in [4.78, 5) is 12.0. The summed E-state index contributed by atoms with van der Waals surface area (Å²) < 4.78 is 25.4. The zero-order chi connectivity index (χ0) is 13.3. The van der Waals surface area contributed by atoms with Crippen LogP contribution in [0.2, 0.25) is 0 Å². The number of nitrogens with zero attached hydrogens (tertiary/aromatic N) is 3. The molecule has 1 unspecified atom stereocenters. The van der Waals surface area contributed by atoms with Gasteiger partial charge in [-0.15, -0.1) is 11.3 Å². The van der Waals surface area contributed by atoms with Gasteiger partial charge in [-0.3, -0.25) is 0 Å². The lowest BCUT2D eigenvalue weighted by molar-refractivity contribution is 0.582. The molecule has 0 fully saturated rings. The predicted octanol–water partition coefficient (Wildman–Crippen LogP) is 2.54. The van der Waals surface area contributed by atoms with Crippen LogP contribution in [0, 0.1) is 6.92 Å². The van der Waals surface area contributed by atoms with Gasteiger partial charge >= 0.3 is 0 Å². The monoisotopic (exact) mass is 347 g/mol. The van der Waals surface area contributed by atoms with Gasteiger partial charge in [-0.25, -0.2) is 23.4 Å². The van der Waals surface area contributed by atoms with Crippen LogP contribution in [0.15, 0.2) is 26.6 Å². The van der Waals surface area contributed by atoms with E-state index in [0.29, 0.717) is 10.2 Å². The number of aromatic nitrogens is 3. The van der Waals surface area contributed by atoms with Crippen LogP contribution in [-0.2, 0) is 9.84 Å². The second-order valence-electron chi connectivity index (χ2n) is 3.70. The van der Waals surface area contributed by atoms with Gasteiger partial charge in [0, 0.05) is 23.5 Å². The lowest BCUT2D eigenvalue weighted by Crippen LogP contribution is -2.13. The Morgan fingerprint density at radius 1 is 1.33 bits per heavy atom. The Bertz CT molecular complexity index is 652. The number of hydrogen-bond acceptors (Lipinski definition) is 6. The van der Waals surface area contributed by atoms with Crippen LogP contribution in [0.3, 0.4) is 0 Å². The maximum atomic E-state index is 12.3. The smallest absolute Gasteiger partial charge is 0.215 e. The first kappa shape index (κ1) is 13.6. The molecule has 0 aromatic carbocycles. The van der Waals surface area contributed by atoms with Crippen molar-refractivity contribution in [2.24, 2.45) is 0 Å². The van der Waals surface area contributed by atoms with E-state index in [1.165, 1.54) is 12.4 Å². The van der Waals surface area contributed by atoms with Crippen molar-refractivity contribution in [2.75, 3.05) is 0 Å². The Balaban J connectivity index is 2.39. The molecule has 0 saturated carbocycles. The molecule has 0 N–H and O–H groups in total. The summed E-state index contributed by atoms with van der Waals surface area (Å²) in [7, 11) is -3.52. The minimum Gasteiger partial charge on any atom is -0.239 e. The largest absolute Gasteiger partial charge is 0.239 e. The Kier molecular flexibility index (Phi) is 3.79. The average Bonchev–Trinajstić information content (AvgIpc) is 2.76. The molecular formula is C10H10BrN3O2S2. The van der Waals surface area contributed by atoms with Gasteiger partial charge in [0.1, 0.15) is 11.1 Å². The minimum atomic E-state index is -3.52. The molecule has 0 bridgehead atoms. The van der Waals surface area contributed by atoms with Crippen LogP contribution < -0.4 is 0 Å². The first-order valence-corrected chi connectivity index (χ1v) is 8.26. The quantitative estimate of drug-likeness (QED) is 0.852. The van der Waals surface area contributed by atoms with Crippen LogP contribution in [0.25, 0.3) is 0 Å². The zero-order valence-electron chi connectivity index (χ0n) is 9.66. The summed E-state index contributed by atoms with van der Waals surface area (Å²) >= 11 is 4.33. The highest BCUT2D eigenvalue weighted by Gasteiger charge is 2.29. The van der Waals surface area contributed by atoms with Gasteiger partial charge < -0.3 is 0 Å². The van der Waals surface area contributed by atoms with Gasteiger partial charge in [-0.1, -0.05) is 0 Å². The van der Waals surface area contributed by atoms with E-state index in [9.17, 15) is 8.42 Å². The molecule has 0 aliphatic carbocycles. The molecule has 8 heteroatoms. The van der Waals surface area contributed by atoms with Crippen molar-refractivity contribution < 1.29 is 8.42 Å². The SMILES string of the molecule is Cc1csc(S(=O)(=O)C(C)c2ncc(Br)cn2)n1. The van der Waals surface area contributed by atoms with E-state index in [2.05, 4.69) is 30.9 Å². The van der Waals surface area contributed by atoms with Crippen molar-refractivity contribution >= 4 is 37.1 Å². The number of sulfone groups is 1. The van der Waals surface area contributed by atoms with Crippen molar-refractivity contribution in [2.45, 2.75) is 23.4 Å². The summed E-state index contributed by atoms with van der Waals surface area (Å²) in [5.41, 5.74) is 0.697. The molecule has 0 amide bonds. The van der Waals surface area contributed by atoms with E-state index in [0.717, 1.165) is 11.3 Å². The number of aryl methyl sites for hydroxylation is 1. The molecule has 1 atom stereocenters. The first-order valence-electron chi connectivity index (χ1n) is 5.04. The summed E-state index contributed by atoms with van der Waals surface area (Å²) in [6.45, 7) is 3.33. The molecule has 0 saturated heterocycles. The van der Waals surface area contributed by atoms with Gasteiger partial charge in [0.15, 0.2) is 0 Å². The van der Waals surface area contributed by atoms with Crippen LogP contribution in [0.1, 0.15) is 23.7 Å². The van der Waals surface area contributed by atoms with Crippen LogP contribution >= 0.6 is 27.3 Å². The predicted molar refractivity (Wildman–Crippen MR) is 72.2 cm³/mol. The summed E-state index contributed by atoms with van der Waals surface area (Å²) in [6.07, 6.45) is 3.06. The summed E-state index contributed by atoms with van der Waals surface area (Å²) in [5.74, 6) is 0.269. The van der Waals surface area contributed by atoms with E-state index >= 15 is 0 Å². The maximum Gasteiger partial charge on any atom is 0.215 e. The van der Waals surface area contributed by atoms with E-state index in [1.54, 1.807) is 19.2 Å². The fourth-order valence-corrected chi connectivity index (χ4v) is 4.10. The maximum absolute atomic E-state index is 12.3. The minimum absolute atomic E-state index is 0.110. The van der Waals surface area contributed by atoms with Gasteiger partial charge in [-0.05, 0) is 29.8 Å². The van der Waals surface area contributed by atoms with Crippen molar-refractivity contribution in [1.29, 1.82) is 0 Å². The van der Waals surface area contributed by atoms with E-state index in [-0.39, 0.29) is 10.2 Å². The average molecular weight is 348 g/mol. The van der Waals surface area contributed by atoms with Gasteiger partial charge in [0.25, 0.3) is 0 Å². The Morgan fingerprint density at radius 3 is 2.44 bits per heavy atom. The summed E-state index contributed by atoms with van der Waals surface area (Å²) in [5, 5.41) is 0.901. The Morgan fingerprint density at radius 2 is 1.94 bits per heavy atom. The van der Waals surface area contributed by atoms with Crippen LogP contribution in [0.5, 0.6) is 0 Å². The van der Waals surface area contributed by atoms with E-state index in [4.69, 9.17) is 0 Å². The van der Waals surface area contributed by atoms with Gasteiger partial charge in [0.05, 0.1) is 4.47 Å². The third-order valence-corrected chi connectivity index (χ3v) is 6.18. The van der Waals surface area contributed by atoms with Gasteiger partial charge in [0.2, 0.25) is 14.2 Å². The van der Waals surface area contributed by atoms with Crippen LogP contribution in [-0.4, -0.2) is 23.4 Å². The molecule has 2 heterocycles. The van der Waals surface area contributed by atoms with Crippen molar-refractivity contribution in [3.8, 4) is 0 Å². The molecule has 0 spiro atoms. The molecule has 5 nitrogen and oxygen atoms in total. The van der Waals surface area contributed by atoms with E-state index < -0.39 is 15.1 Å². The Labute approximate surface area is 117 Å². The fourth-order valence-electron chi connectivity index (χ4n) is 1.29. The third-order valence-electron chi connectivity index (χ3n) is 2.31. The Hall–Kier alpha value is -0.860. The van der Waals surface area contributed by atoms with Crippen molar-refractivity contribution in [1.82, 2.24) is 15.0 Å². The molecule has 2 aromatic heterocycles. The highest BCUT2D eigenvalue weighted by molar-refractivity contribution is 9.10. The van der Waals surface area contributed by atoms with Gasteiger partial charge in [-0.2, -0.15) is 0 Å². The highest BCUT2D eigenvalue weighted by Crippen LogP contribution is 2.28. The molecule has 0 aliphatic rings. The number of thiazole rings is 1. The van der Waals surface area contributed by atoms with Crippen LogP contribution in [0.4, 0.5) is 0 Å². The standard InChI is InChI=1S/C10H10BrN3O2S2/c1-6-5-17-10(14-6)18(15,16)7(2)9-12-3-8(11)4-13-9/h3-5,7H,1-2H3. The van der Waals surface area contributed by atoms with Crippen molar-refractivity contribution in [3.63, 3.8) is 0 Å². The number of hydrogen-bond donors (Lipinski definition) is 0. The normalized spacial score (nSPS) is 13.5. The molecule has 96 valence electrons. The number of halogens is 1. The molecule has 2 aromatic rings. The topological polar surface area (TPSA) is 72.8 Å². The molecule has 0 aliphatic heterocycles. The van der Waals surface area contributed by atoms with Crippen molar-refractivity contribution in [3.05, 3.63) is 33.8 Å². The van der Waals surface area contributed by atoms with E-state index in [1.807, 2.05) is 0 Å².